The fourth-order valence-corrected chi connectivity index (χ4v) is 7.98. The van der Waals surface area contributed by atoms with Crippen LogP contribution in [0.2, 0.25) is 0 Å². The van der Waals surface area contributed by atoms with E-state index in [-0.39, 0.29) is 10.8 Å². The Balaban J connectivity index is 0.000000275. The molecule has 0 N–H and O–H groups in total. The van der Waals surface area contributed by atoms with Crippen molar-refractivity contribution in [2.75, 3.05) is 0 Å². The van der Waals surface area contributed by atoms with Gasteiger partial charge in [0.25, 0.3) is 0 Å². The summed E-state index contributed by atoms with van der Waals surface area (Å²) in [6.45, 7) is 36.9. The van der Waals surface area contributed by atoms with Gasteiger partial charge in [0, 0.05) is 0 Å². The topological polar surface area (TPSA) is 0 Å². The van der Waals surface area contributed by atoms with Crippen molar-refractivity contribution in [1.82, 2.24) is 0 Å². The molecule has 0 aliphatic carbocycles. The number of halogens is 2. The zero-order valence-corrected chi connectivity index (χ0v) is 42.1. The quantitative estimate of drug-likeness (QED) is 0.134. The maximum absolute atomic E-state index is 4.93. The predicted octanol–water partition coefficient (Wildman–Crippen LogP) is 17.8. The first-order valence-electron chi connectivity index (χ1n) is 21.2. The Kier molecular flexibility index (Phi) is 18.6. The van der Waals surface area contributed by atoms with E-state index in [0.29, 0.717) is 0 Å². The second-order valence-electron chi connectivity index (χ2n) is 17.8. The van der Waals surface area contributed by atoms with Crippen molar-refractivity contribution < 1.29 is 20.8 Å². The minimum absolute atomic E-state index is 0.194. The van der Waals surface area contributed by atoms with Gasteiger partial charge in [-0.25, -0.2) is 0 Å². The standard InChI is InChI=1S/2C26H33.C2H5.2ClH.Zr/c2*1-8-9-10-20-15-23-18(3)17(2)19(4)25(24(23)16-20)21-11-13-22(14-12-21)26(5,6)7;1-2;;;/h2*11-16H,8-10H2,1-7H3;1H2,2H3;2*1H;/q3*-1;;;+2/p-2. The molecule has 0 heterocycles. The second kappa shape index (κ2) is 21.7. The van der Waals surface area contributed by atoms with Crippen LogP contribution in [0.1, 0.15) is 144 Å². The molecule has 0 bridgehead atoms. The van der Waals surface area contributed by atoms with Crippen molar-refractivity contribution in [2.24, 2.45) is 0 Å². The van der Waals surface area contributed by atoms with Gasteiger partial charge in [-0.2, -0.15) is 19.1 Å². The summed E-state index contributed by atoms with van der Waals surface area (Å²) in [5.74, 6) is 0. The molecule has 0 nitrogen and oxygen atoms in total. The summed E-state index contributed by atoms with van der Waals surface area (Å²) in [7, 11) is 9.87. The van der Waals surface area contributed by atoms with Crippen LogP contribution in [0.4, 0.5) is 0 Å². The number of aryl methyl sites for hydroxylation is 4. The zero-order valence-electron chi connectivity index (χ0n) is 38.1. The van der Waals surface area contributed by atoms with Crippen molar-refractivity contribution in [2.45, 2.75) is 153 Å². The van der Waals surface area contributed by atoms with Gasteiger partial charge in [-0.1, -0.05) is 177 Å². The fourth-order valence-electron chi connectivity index (χ4n) is 7.98. The van der Waals surface area contributed by atoms with Gasteiger partial charge in [-0.3, -0.25) is 0 Å². The van der Waals surface area contributed by atoms with E-state index in [2.05, 4.69) is 177 Å². The Hall–Kier alpha value is -2.44. The molecular formula is C54H71Cl2Zr-3. The summed E-state index contributed by atoms with van der Waals surface area (Å²) in [5, 5.41) is 5.74. The van der Waals surface area contributed by atoms with Crippen molar-refractivity contribution in [3.63, 3.8) is 0 Å². The molecule has 0 fully saturated rings. The third-order valence-corrected chi connectivity index (χ3v) is 12.0. The molecule has 0 unspecified atom stereocenters. The van der Waals surface area contributed by atoms with E-state index in [1.54, 1.807) is 6.92 Å². The number of fused-ring (bicyclic) bond motifs is 2. The molecule has 0 atom stereocenters. The number of hydrogen-bond donors (Lipinski definition) is 0. The van der Waals surface area contributed by atoms with Crippen LogP contribution >= 0.6 is 17.0 Å². The first kappa shape index (κ1) is 48.9. The second-order valence-corrected chi connectivity index (χ2v) is 21.5. The first-order valence-corrected chi connectivity index (χ1v) is 27.5. The van der Waals surface area contributed by atoms with Crippen LogP contribution < -0.4 is 0 Å². The molecular weight excluding hydrogens is 811 g/mol. The summed E-state index contributed by atoms with van der Waals surface area (Å²) in [5.41, 5.74) is 20.3. The summed E-state index contributed by atoms with van der Waals surface area (Å²) < 4.78 is 0. The van der Waals surface area contributed by atoms with Gasteiger partial charge in [-0.05, 0) is 73.6 Å². The Morgan fingerprint density at radius 1 is 0.509 bits per heavy atom. The average molecular weight is 882 g/mol. The van der Waals surface area contributed by atoms with E-state index in [9.17, 15) is 0 Å². The van der Waals surface area contributed by atoms with Gasteiger partial charge in [0.15, 0.2) is 0 Å². The molecule has 0 aliphatic heterocycles. The van der Waals surface area contributed by atoms with E-state index in [1.165, 1.54) is 138 Å². The van der Waals surface area contributed by atoms with Crippen LogP contribution in [-0.4, -0.2) is 0 Å². The average Bonchev–Trinajstić information content (AvgIpc) is 3.80. The van der Waals surface area contributed by atoms with Crippen LogP contribution in [0.15, 0.2) is 72.8 Å². The monoisotopic (exact) mass is 879 g/mol. The van der Waals surface area contributed by atoms with Crippen LogP contribution in [0.3, 0.4) is 0 Å². The minimum atomic E-state index is -0.826. The van der Waals surface area contributed by atoms with Gasteiger partial charge >= 0.3 is 37.9 Å². The number of hydrogen-bond acceptors (Lipinski definition) is 0. The molecule has 0 amide bonds. The third-order valence-electron chi connectivity index (χ3n) is 12.0. The van der Waals surface area contributed by atoms with E-state index in [4.69, 9.17) is 17.0 Å². The molecule has 0 aromatic heterocycles. The number of unbranched alkanes of at least 4 members (excludes halogenated alkanes) is 2. The first-order chi connectivity index (χ1) is 26.9. The van der Waals surface area contributed by atoms with Crippen LogP contribution in [0, 0.1) is 48.5 Å². The van der Waals surface area contributed by atoms with Gasteiger partial charge < -0.3 is 6.92 Å². The summed E-state index contributed by atoms with van der Waals surface area (Å²) in [6.07, 6.45) is 7.40. The van der Waals surface area contributed by atoms with Crippen molar-refractivity contribution in [1.29, 1.82) is 0 Å². The van der Waals surface area contributed by atoms with Gasteiger partial charge in [0.2, 0.25) is 0 Å². The SMILES string of the molecule is CCCCc1cc2c(-c3ccc(C(C)(C)C)cc3)c(C)c(C)c(C)c2[cH-]1.CCCCc1cc2c(-c3ccc(C(C)(C)C)cc3)c(C)c(C)c(C)c2[cH-]1.[CH2-]C.[Cl][Zr][Cl]. The molecule has 3 heteroatoms. The molecule has 0 spiro atoms. The van der Waals surface area contributed by atoms with E-state index < -0.39 is 20.8 Å². The number of benzene rings is 4. The molecule has 0 saturated carbocycles. The van der Waals surface area contributed by atoms with Crippen molar-refractivity contribution >= 4 is 38.6 Å². The Bertz CT molecular complexity index is 2020. The van der Waals surface area contributed by atoms with Crippen LogP contribution in [-0.2, 0) is 44.5 Å². The van der Waals surface area contributed by atoms with Crippen LogP contribution in [0.5, 0.6) is 0 Å². The molecule has 6 aromatic rings. The molecule has 0 aliphatic rings. The fraction of sp³-hybridized carbons (Fsp3) is 0.426. The normalized spacial score (nSPS) is 11.4. The zero-order chi connectivity index (χ0) is 42.8. The molecule has 0 saturated heterocycles. The summed E-state index contributed by atoms with van der Waals surface area (Å²) in [4.78, 5) is 0. The summed E-state index contributed by atoms with van der Waals surface area (Å²) >= 11 is -0.826. The van der Waals surface area contributed by atoms with Gasteiger partial charge in [0.05, 0.1) is 0 Å². The van der Waals surface area contributed by atoms with Crippen molar-refractivity contribution in [3.05, 3.63) is 135 Å². The van der Waals surface area contributed by atoms with Gasteiger partial charge in [0.1, 0.15) is 0 Å². The Labute approximate surface area is 367 Å². The van der Waals surface area contributed by atoms with E-state index in [0.717, 1.165) is 0 Å². The van der Waals surface area contributed by atoms with Crippen molar-refractivity contribution in [3.8, 4) is 22.3 Å². The molecule has 0 radical (unpaired) electrons. The van der Waals surface area contributed by atoms with E-state index in [1.807, 2.05) is 0 Å². The summed E-state index contributed by atoms with van der Waals surface area (Å²) in [6, 6.07) is 28.2. The maximum atomic E-state index is 4.93. The molecule has 6 aromatic carbocycles. The molecule has 308 valence electrons. The van der Waals surface area contributed by atoms with Crippen LogP contribution in [0.25, 0.3) is 43.8 Å². The molecule has 6 rings (SSSR count). The Morgan fingerprint density at radius 3 is 1.07 bits per heavy atom. The predicted molar refractivity (Wildman–Crippen MR) is 256 cm³/mol. The van der Waals surface area contributed by atoms with Gasteiger partial charge in [-0.15, -0.1) is 55.9 Å². The molecule has 57 heavy (non-hydrogen) atoms. The Morgan fingerprint density at radius 2 is 0.807 bits per heavy atom. The number of rotatable bonds is 8. The third kappa shape index (κ3) is 11.9. The van der Waals surface area contributed by atoms with E-state index >= 15 is 0 Å².